The lowest BCUT2D eigenvalue weighted by Gasteiger charge is -2.28. The molecule has 10 aromatic carbocycles. The summed E-state index contributed by atoms with van der Waals surface area (Å²) in [5, 5.41) is 12.5. The normalized spacial score (nSPS) is 11.9. The van der Waals surface area contributed by atoms with E-state index in [4.69, 9.17) is 0 Å². The van der Waals surface area contributed by atoms with E-state index in [-0.39, 0.29) is 0 Å². The summed E-state index contributed by atoms with van der Waals surface area (Å²) >= 11 is 1.88. The van der Waals surface area contributed by atoms with Crippen LogP contribution in [0.2, 0.25) is 0 Å². The molecule has 0 aliphatic rings. The monoisotopic (exact) mass is 742 g/mol. The van der Waals surface area contributed by atoms with Gasteiger partial charge in [-0.3, -0.25) is 0 Å². The minimum atomic E-state index is 1.11. The molecule has 2 nitrogen and oxygen atoms in total. The lowest BCUT2D eigenvalue weighted by atomic mass is 9.96. The number of thiophene rings is 1. The fourth-order valence-electron chi connectivity index (χ4n) is 9.12. The predicted octanol–water partition coefficient (Wildman–Crippen LogP) is 15.7. The smallest absolute Gasteiger partial charge is 0.0561 e. The average molecular weight is 743 g/mol. The molecule has 2 heterocycles. The molecule has 0 spiro atoms. The Bertz CT molecular complexity index is 3520. The highest BCUT2D eigenvalue weighted by atomic mass is 32.1. The zero-order valence-electron chi connectivity index (χ0n) is 30.9. The van der Waals surface area contributed by atoms with Crippen molar-refractivity contribution in [1.29, 1.82) is 0 Å². The molecule has 0 saturated carbocycles. The first kappa shape index (κ1) is 32.1. The van der Waals surface area contributed by atoms with E-state index in [0.29, 0.717) is 0 Å². The van der Waals surface area contributed by atoms with E-state index < -0.39 is 0 Å². The number of benzene rings is 10. The molecule has 0 saturated heterocycles. The molecule has 0 radical (unpaired) electrons. The molecule has 2 aromatic heterocycles. The van der Waals surface area contributed by atoms with Gasteiger partial charge in [-0.15, -0.1) is 11.3 Å². The molecule has 266 valence electrons. The van der Waals surface area contributed by atoms with Crippen LogP contribution >= 0.6 is 11.3 Å². The maximum atomic E-state index is 2.52. The molecule has 0 N–H and O–H groups in total. The van der Waals surface area contributed by atoms with Gasteiger partial charge in [-0.05, 0) is 105 Å². The topological polar surface area (TPSA) is 8.17 Å². The van der Waals surface area contributed by atoms with Gasteiger partial charge in [0.2, 0.25) is 0 Å². The maximum Gasteiger partial charge on any atom is 0.0561 e. The van der Waals surface area contributed by atoms with Gasteiger partial charge in [0, 0.05) is 47.7 Å². The number of para-hydroxylation sites is 1. The van der Waals surface area contributed by atoms with Crippen LogP contribution in [-0.4, -0.2) is 4.57 Å². The van der Waals surface area contributed by atoms with E-state index in [9.17, 15) is 0 Å². The van der Waals surface area contributed by atoms with E-state index in [0.717, 1.165) is 17.1 Å². The van der Waals surface area contributed by atoms with Crippen LogP contribution in [0, 0.1) is 0 Å². The van der Waals surface area contributed by atoms with Crippen LogP contribution in [0.5, 0.6) is 0 Å². The van der Waals surface area contributed by atoms with Crippen LogP contribution in [0.4, 0.5) is 17.1 Å². The third kappa shape index (κ3) is 5.03. The van der Waals surface area contributed by atoms with Gasteiger partial charge in [0.1, 0.15) is 0 Å². The Morgan fingerprint density at radius 3 is 1.77 bits per heavy atom. The first-order chi connectivity index (χ1) is 28.3. The minimum Gasteiger partial charge on any atom is -0.309 e. The second kappa shape index (κ2) is 12.7. The molecule has 0 fully saturated rings. The summed E-state index contributed by atoms with van der Waals surface area (Å²) in [5.41, 5.74) is 9.38. The lowest BCUT2D eigenvalue weighted by molar-refractivity contribution is 1.18. The number of hydrogen-bond donors (Lipinski definition) is 0. The largest absolute Gasteiger partial charge is 0.309 e. The Morgan fingerprint density at radius 1 is 0.368 bits per heavy atom. The SMILES string of the molecule is c1ccc(-c2ccc(N(c3ccc4c5cc6ccccc6cc5n(-c5ccccc5)c4c3)c3cccc4sc5cc6ccccc6cc5c34)c3ccccc23)cc1. The van der Waals surface area contributed by atoms with Gasteiger partial charge < -0.3 is 9.47 Å². The molecular formula is C54H34N2S. The minimum absolute atomic E-state index is 1.11. The second-order valence-corrected chi connectivity index (χ2v) is 16.0. The maximum absolute atomic E-state index is 2.52. The Labute approximate surface area is 333 Å². The second-order valence-electron chi connectivity index (χ2n) is 14.9. The van der Waals surface area contributed by atoms with Crippen LogP contribution in [0.1, 0.15) is 0 Å². The van der Waals surface area contributed by atoms with E-state index in [1.165, 1.54) is 91.1 Å². The van der Waals surface area contributed by atoms with Gasteiger partial charge in [0.25, 0.3) is 0 Å². The van der Waals surface area contributed by atoms with Crippen LogP contribution in [0.25, 0.3) is 91.1 Å². The van der Waals surface area contributed by atoms with Crippen molar-refractivity contribution in [3.63, 3.8) is 0 Å². The van der Waals surface area contributed by atoms with Crippen molar-refractivity contribution in [3.8, 4) is 16.8 Å². The van der Waals surface area contributed by atoms with Crippen molar-refractivity contribution >= 4 is 103 Å². The summed E-state index contributed by atoms with van der Waals surface area (Å²) < 4.78 is 5.02. The molecule has 3 heteroatoms. The number of hydrogen-bond acceptors (Lipinski definition) is 2. The average Bonchev–Trinajstić information content (AvgIpc) is 3.80. The van der Waals surface area contributed by atoms with Crippen LogP contribution in [-0.2, 0) is 0 Å². The Hall–Kier alpha value is -7.20. The van der Waals surface area contributed by atoms with Gasteiger partial charge in [0.15, 0.2) is 0 Å². The van der Waals surface area contributed by atoms with Gasteiger partial charge in [-0.2, -0.15) is 0 Å². The summed E-state index contributed by atoms with van der Waals surface area (Å²) in [7, 11) is 0. The molecule has 57 heavy (non-hydrogen) atoms. The summed E-state index contributed by atoms with van der Waals surface area (Å²) in [6.45, 7) is 0. The third-order valence-corrected chi connectivity index (χ3v) is 12.8. The Morgan fingerprint density at radius 2 is 1.00 bits per heavy atom. The molecule has 0 aliphatic carbocycles. The van der Waals surface area contributed by atoms with E-state index in [1.54, 1.807) is 0 Å². The molecule has 0 aliphatic heterocycles. The fourth-order valence-corrected chi connectivity index (χ4v) is 10.3. The quantitative estimate of drug-likeness (QED) is 0.170. The van der Waals surface area contributed by atoms with Crippen LogP contribution in [0.3, 0.4) is 0 Å². The first-order valence-electron chi connectivity index (χ1n) is 19.5. The molecule has 0 atom stereocenters. The summed E-state index contributed by atoms with van der Waals surface area (Å²) in [6, 6.07) is 75.9. The Kier molecular flexibility index (Phi) is 7.13. The molecule has 0 amide bonds. The van der Waals surface area contributed by atoms with Crippen molar-refractivity contribution in [2.75, 3.05) is 4.90 Å². The van der Waals surface area contributed by atoms with E-state index in [2.05, 4.69) is 216 Å². The zero-order valence-corrected chi connectivity index (χ0v) is 31.7. The third-order valence-electron chi connectivity index (χ3n) is 11.7. The number of fused-ring (bicyclic) bond motifs is 9. The van der Waals surface area contributed by atoms with E-state index >= 15 is 0 Å². The van der Waals surface area contributed by atoms with Crippen molar-refractivity contribution in [1.82, 2.24) is 4.57 Å². The van der Waals surface area contributed by atoms with Gasteiger partial charge in [0.05, 0.1) is 22.4 Å². The lowest BCUT2D eigenvalue weighted by Crippen LogP contribution is -2.11. The standard InChI is InChI=1S/C54H34N2S/c1-3-14-35(15-4-1)42-28-29-48(44-23-12-11-22-43(42)44)56(49-24-13-25-52-54(49)47-31-37-17-8-10-19-39(37)33-53(47)57-52)41-26-27-45-46-30-36-16-7-9-18-38(36)32-50(46)55(51(45)34-41)40-20-5-2-6-21-40/h1-34H. The molecule has 12 rings (SSSR count). The van der Waals surface area contributed by atoms with Gasteiger partial charge >= 0.3 is 0 Å². The van der Waals surface area contributed by atoms with Crippen LogP contribution < -0.4 is 4.90 Å². The number of aromatic nitrogens is 1. The van der Waals surface area contributed by atoms with Gasteiger partial charge in [-0.25, -0.2) is 0 Å². The number of nitrogens with zero attached hydrogens (tertiary/aromatic N) is 2. The number of rotatable bonds is 5. The highest BCUT2D eigenvalue weighted by Gasteiger charge is 2.23. The fraction of sp³-hybridized carbons (Fsp3) is 0. The van der Waals surface area contributed by atoms with Crippen molar-refractivity contribution in [3.05, 3.63) is 206 Å². The number of anilines is 3. The van der Waals surface area contributed by atoms with Crippen molar-refractivity contribution < 1.29 is 0 Å². The summed E-state index contributed by atoms with van der Waals surface area (Å²) in [6.07, 6.45) is 0. The highest BCUT2D eigenvalue weighted by Crippen LogP contribution is 2.49. The first-order valence-corrected chi connectivity index (χ1v) is 20.3. The summed E-state index contributed by atoms with van der Waals surface area (Å²) in [4.78, 5) is 2.52. The molecule has 12 aromatic rings. The van der Waals surface area contributed by atoms with E-state index in [1.807, 2.05) is 11.3 Å². The van der Waals surface area contributed by atoms with Crippen LogP contribution in [0.15, 0.2) is 206 Å². The zero-order chi connectivity index (χ0) is 37.5. The molecule has 0 bridgehead atoms. The summed E-state index contributed by atoms with van der Waals surface area (Å²) in [5.74, 6) is 0. The molecular weight excluding hydrogens is 709 g/mol. The van der Waals surface area contributed by atoms with Gasteiger partial charge in [-0.1, -0.05) is 140 Å². The highest BCUT2D eigenvalue weighted by molar-refractivity contribution is 7.26. The predicted molar refractivity (Wildman–Crippen MR) is 246 cm³/mol. The van der Waals surface area contributed by atoms with Crippen molar-refractivity contribution in [2.45, 2.75) is 0 Å². The Balaban J connectivity index is 1.19. The molecule has 0 unspecified atom stereocenters. The van der Waals surface area contributed by atoms with Crippen molar-refractivity contribution in [2.24, 2.45) is 0 Å².